The number of methoxy groups -OCH3 is 1. The van der Waals surface area contributed by atoms with Crippen molar-refractivity contribution >= 4 is 22.7 Å². The topological polar surface area (TPSA) is 95.1 Å². The molecule has 33 heavy (non-hydrogen) atoms. The van der Waals surface area contributed by atoms with Crippen molar-refractivity contribution in [2.24, 2.45) is 0 Å². The maximum Gasteiger partial charge on any atom is 0.259 e. The molecular formula is C25H21N5O3. The number of pyridine rings is 1. The van der Waals surface area contributed by atoms with Crippen LogP contribution in [-0.4, -0.2) is 32.9 Å². The third-order valence-corrected chi connectivity index (χ3v) is 5.26. The van der Waals surface area contributed by atoms with Crippen LogP contribution in [0.4, 0.5) is 5.69 Å². The lowest BCUT2D eigenvalue weighted by Gasteiger charge is -2.06. The first-order chi connectivity index (χ1) is 16.1. The van der Waals surface area contributed by atoms with E-state index in [1.807, 2.05) is 61.5 Å². The van der Waals surface area contributed by atoms with Gasteiger partial charge in [-0.15, -0.1) is 0 Å². The van der Waals surface area contributed by atoms with Crippen molar-refractivity contribution in [2.75, 3.05) is 12.4 Å². The van der Waals surface area contributed by atoms with Gasteiger partial charge in [-0.3, -0.25) is 9.48 Å². The summed E-state index contributed by atoms with van der Waals surface area (Å²) < 4.78 is 12.5. The van der Waals surface area contributed by atoms with Crippen LogP contribution in [0.25, 0.3) is 22.4 Å². The van der Waals surface area contributed by atoms with Crippen molar-refractivity contribution in [1.29, 1.82) is 0 Å². The van der Waals surface area contributed by atoms with Crippen LogP contribution in [0.15, 0.2) is 77.6 Å². The normalized spacial score (nSPS) is 11.0. The van der Waals surface area contributed by atoms with E-state index in [9.17, 15) is 4.79 Å². The van der Waals surface area contributed by atoms with Gasteiger partial charge in [-0.25, -0.2) is 4.98 Å². The van der Waals surface area contributed by atoms with Crippen molar-refractivity contribution in [3.8, 4) is 17.0 Å². The Bertz CT molecular complexity index is 1420. The van der Waals surface area contributed by atoms with Crippen LogP contribution in [0.5, 0.6) is 5.75 Å². The highest BCUT2D eigenvalue weighted by atomic mass is 16.5. The first-order valence-corrected chi connectivity index (χ1v) is 10.4. The van der Waals surface area contributed by atoms with Crippen LogP contribution in [0.2, 0.25) is 0 Å². The largest absolute Gasteiger partial charge is 0.497 e. The number of nitrogens with one attached hydrogen (secondary N) is 1. The van der Waals surface area contributed by atoms with E-state index in [2.05, 4.69) is 20.6 Å². The number of amides is 1. The van der Waals surface area contributed by atoms with Crippen LogP contribution in [-0.2, 0) is 6.54 Å². The summed E-state index contributed by atoms with van der Waals surface area (Å²) in [5.41, 5.74) is 4.46. The molecule has 0 aliphatic heterocycles. The zero-order valence-corrected chi connectivity index (χ0v) is 18.1. The minimum atomic E-state index is -0.289. The predicted molar refractivity (Wildman–Crippen MR) is 124 cm³/mol. The van der Waals surface area contributed by atoms with Gasteiger partial charge in [0.15, 0.2) is 0 Å². The van der Waals surface area contributed by atoms with Crippen LogP contribution in [0.3, 0.4) is 0 Å². The van der Waals surface area contributed by atoms with E-state index < -0.39 is 0 Å². The molecule has 0 atom stereocenters. The summed E-state index contributed by atoms with van der Waals surface area (Å²) in [6.07, 6.45) is 3.43. The highest BCUT2D eigenvalue weighted by molar-refractivity contribution is 6.14. The summed E-state index contributed by atoms with van der Waals surface area (Å²) in [6.45, 7) is 2.42. The van der Waals surface area contributed by atoms with Crippen LogP contribution in [0.1, 0.15) is 21.6 Å². The second-order valence-electron chi connectivity index (χ2n) is 7.62. The summed E-state index contributed by atoms with van der Waals surface area (Å²) >= 11 is 0. The van der Waals surface area contributed by atoms with Crippen molar-refractivity contribution in [3.63, 3.8) is 0 Å². The summed E-state index contributed by atoms with van der Waals surface area (Å²) in [5.74, 6) is 0.439. The van der Waals surface area contributed by atoms with Gasteiger partial charge in [-0.2, -0.15) is 5.10 Å². The fraction of sp³-hybridized carbons (Fsp3) is 0.120. The van der Waals surface area contributed by atoms with Crippen LogP contribution < -0.4 is 10.1 Å². The number of aryl methyl sites for hydroxylation is 1. The van der Waals surface area contributed by atoms with E-state index in [4.69, 9.17) is 9.26 Å². The summed E-state index contributed by atoms with van der Waals surface area (Å²) in [6, 6.07) is 19.1. The monoisotopic (exact) mass is 439 g/mol. The van der Waals surface area contributed by atoms with Crippen molar-refractivity contribution < 1.29 is 14.1 Å². The predicted octanol–water partition coefficient (Wildman–Crippen LogP) is 4.70. The highest BCUT2D eigenvalue weighted by Crippen LogP contribution is 2.31. The molecule has 0 saturated carbocycles. The molecule has 164 valence electrons. The number of fused-ring (bicyclic) bond motifs is 1. The molecule has 0 aliphatic carbocycles. The minimum Gasteiger partial charge on any atom is -0.497 e. The third kappa shape index (κ3) is 4.18. The molecule has 0 fully saturated rings. The van der Waals surface area contributed by atoms with Gasteiger partial charge in [-0.1, -0.05) is 35.5 Å². The molecular weight excluding hydrogens is 418 g/mol. The third-order valence-electron chi connectivity index (χ3n) is 5.26. The summed E-state index contributed by atoms with van der Waals surface area (Å²) in [5, 5.41) is 12.0. The maximum atomic E-state index is 13.3. The van der Waals surface area contributed by atoms with Gasteiger partial charge in [0.2, 0.25) is 0 Å². The molecule has 3 aromatic heterocycles. The smallest absolute Gasteiger partial charge is 0.259 e. The Morgan fingerprint density at radius 1 is 1.12 bits per heavy atom. The van der Waals surface area contributed by atoms with Crippen LogP contribution >= 0.6 is 0 Å². The fourth-order valence-corrected chi connectivity index (χ4v) is 3.68. The number of anilines is 1. The first-order valence-electron chi connectivity index (χ1n) is 10.4. The molecule has 0 radical (unpaired) electrons. The molecule has 2 aromatic carbocycles. The Balaban J connectivity index is 1.45. The molecule has 0 aliphatic rings. The van der Waals surface area contributed by atoms with E-state index >= 15 is 0 Å². The maximum absolute atomic E-state index is 13.3. The van der Waals surface area contributed by atoms with E-state index in [-0.39, 0.29) is 5.91 Å². The average molecular weight is 439 g/mol. The molecule has 0 spiro atoms. The summed E-state index contributed by atoms with van der Waals surface area (Å²) in [4.78, 5) is 17.7. The number of rotatable bonds is 6. The quantitative estimate of drug-likeness (QED) is 0.412. The molecule has 0 saturated heterocycles. The molecule has 1 N–H and O–H groups in total. The van der Waals surface area contributed by atoms with Gasteiger partial charge in [0.1, 0.15) is 11.4 Å². The SMILES string of the molecule is COc1ccc(-c2noc3nc(C)cc(C(=O)Nc4cnn(Cc5ccccc5)c4)c23)cc1. The van der Waals surface area contributed by atoms with E-state index in [0.29, 0.717) is 40.3 Å². The van der Waals surface area contributed by atoms with E-state index in [1.54, 1.807) is 30.3 Å². The highest BCUT2D eigenvalue weighted by Gasteiger charge is 2.21. The molecule has 0 bridgehead atoms. The molecule has 5 aromatic rings. The Morgan fingerprint density at radius 2 is 1.91 bits per heavy atom. The number of ether oxygens (including phenoxy) is 1. The molecule has 0 unspecified atom stereocenters. The van der Waals surface area contributed by atoms with Gasteiger partial charge in [0, 0.05) is 17.5 Å². The zero-order valence-electron chi connectivity index (χ0n) is 18.1. The lowest BCUT2D eigenvalue weighted by molar-refractivity contribution is 0.102. The van der Waals surface area contributed by atoms with E-state index in [0.717, 1.165) is 16.9 Å². The number of nitrogens with zero attached hydrogens (tertiary/aromatic N) is 4. The number of aromatic nitrogens is 4. The Kier molecular flexibility index (Phi) is 5.32. The summed E-state index contributed by atoms with van der Waals surface area (Å²) in [7, 11) is 1.61. The number of carbonyl (C=O) groups excluding carboxylic acids is 1. The minimum absolute atomic E-state index is 0.289. The lowest BCUT2D eigenvalue weighted by Crippen LogP contribution is -2.13. The van der Waals surface area contributed by atoms with Gasteiger partial charge in [0.05, 0.1) is 36.5 Å². The lowest BCUT2D eigenvalue weighted by atomic mass is 10.0. The van der Waals surface area contributed by atoms with Crippen molar-refractivity contribution in [1.82, 2.24) is 19.9 Å². The Morgan fingerprint density at radius 3 is 2.67 bits per heavy atom. The standard InChI is InChI=1S/C25H21N5O3/c1-16-12-21(22-23(29-33-25(22)27-16)18-8-10-20(32-2)11-9-18)24(31)28-19-13-26-30(15-19)14-17-6-4-3-5-7-17/h3-13,15H,14H2,1-2H3,(H,28,31). The second-order valence-corrected chi connectivity index (χ2v) is 7.62. The van der Waals surface area contributed by atoms with Gasteiger partial charge >= 0.3 is 0 Å². The Labute approximate surface area is 189 Å². The van der Waals surface area contributed by atoms with Gasteiger partial charge < -0.3 is 14.6 Å². The molecule has 3 heterocycles. The molecule has 8 heteroatoms. The van der Waals surface area contributed by atoms with Gasteiger partial charge in [-0.05, 0) is 42.8 Å². The van der Waals surface area contributed by atoms with Gasteiger partial charge in [0.25, 0.3) is 11.6 Å². The van der Waals surface area contributed by atoms with Crippen molar-refractivity contribution in [3.05, 3.63) is 89.9 Å². The fourth-order valence-electron chi connectivity index (χ4n) is 3.68. The molecule has 8 nitrogen and oxygen atoms in total. The number of hydrogen-bond donors (Lipinski definition) is 1. The number of benzene rings is 2. The average Bonchev–Trinajstić information content (AvgIpc) is 3.46. The zero-order chi connectivity index (χ0) is 22.8. The molecule has 1 amide bonds. The first kappa shape index (κ1) is 20.4. The van der Waals surface area contributed by atoms with Crippen LogP contribution in [0, 0.1) is 6.92 Å². The number of hydrogen-bond acceptors (Lipinski definition) is 6. The van der Waals surface area contributed by atoms with Crippen molar-refractivity contribution in [2.45, 2.75) is 13.5 Å². The Hall–Kier alpha value is -4.46. The van der Waals surface area contributed by atoms with E-state index in [1.165, 1.54) is 0 Å². The second kappa shape index (κ2) is 8.58. The number of carbonyl (C=O) groups is 1. The molecule has 5 rings (SSSR count).